The number of fused-ring (bicyclic) bond motifs is 1. The molecule has 2 aromatic carbocycles. The normalized spacial score (nSPS) is 19.7. The number of rotatable bonds is 6. The predicted octanol–water partition coefficient (Wildman–Crippen LogP) is 3.13. The van der Waals surface area contributed by atoms with Gasteiger partial charge in [-0.25, -0.2) is 0 Å². The van der Waals surface area contributed by atoms with Crippen molar-refractivity contribution in [2.75, 3.05) is 19.7 Å². The Morgan fingerprint density at radius 1 is 1.17 bits per heavy atom. The standard InChI is InChI=1S/C19H24N2O2.ClH/c20-13-16-6-3-7-18(16)19(22)21-10-11-23-17-9-8-14-4-1-2-5-15(14)12-17;/h1-2,4-5,8-9,12,16,18H,3,6-7,10-11,13,20H2,(H,21,22);1H/t16-,18-;/m1./s1. The van der Waals surface area contributed by atoms with Crippen LogP contribution in [0.4, 0.5) is 0 Å². The van der Waals surface area contributed by atoms with E-state index >= 15 is 0 Å². The van der Waals surface area contributed by atoms with E-state index < -0.39 is 0 Å². The number of ether oxygens (including phenoxy) is 1. The Labute approximate surface area is 149 Å². The lowest BCUT2D eigenvalue weighted by molar-refractivity contribution is -0.126. The summed E-state index contributed by atoms with van der Waals surface area (Å²) in [5.41, 5.74) is 5.73. The summed E-state index contributed by atoms with van der Waals surface area (Å²) in [7, 11) is 0. The van der Waals surface area contributed by atoms with Crippen LogP contribution in [0, 0.1) is 11.8 Å². The highest BCUT2D eigenvalue weighted by Crippen LogP contribution is 2.30. The Kier molecular flexibility index (Phi) is 6.88. The molecule has 1 aliphatic rings. The van der Waals surface area contributed by atoms with Crippen LogP contribution >= 0.6 is 12.4 Å². The van der Waals surface area contributed by atoms with Gasteiger partial charge in [-0.2, -0.15) is 0 Å². The fraction of sp³-hybridized carbons (Fsp3) is 0.421. The monoisotopic (exact) mass is 348 g/mol. The highest BCUT2D eigenvalue weighted by Gasteiger charge is 2.31. The molecule has 0 bridgehead atoms. The molecule has 4 nitrogen and oxygen atoms in total. The summed E-state index contributed by atoms with van der Waals surface area (Å²) in [5.74, 6) is 1.38. The molecule has 1 fully saturated rings. The maximum atomic E-state index is 12.2. The van der Waals surface area contributed by atoms with Gasteiger partial charge in [0.05, 0.1) is 6.54 Å². The van der Waals surface area contributed by atoms with Gasteiger partial charge in [-0.05, 0) is 48.2 Å². The third kappa shape index (κ3) is 4.40. The van der Waals surface area contributed by atoms with Crippen molar-refractivity contribution >= 4 is 29.1 Å². The molecule has 0 radical (unpaired) electrons. The van der Waals surface area contributed by atoms with Crippen molar-refractivity contribution in [3.63, 3.8) is 0 Å². The zero-order chi connectivity index (χ0) is 16.1. The van der Waals surface area contributed by atoms with Crippen molar-refractivity contribution in [2.45, 2.75) is 19.3 Å². The summed E-state index contributed by atoms with van der Waals surface area (Å²) in [5, 5.41) is 5.33. The van der Waals surface area contributed by atoms with E-state index in [1.54, 1.807) is 0 Å². The van der Waals surface area contributed by atoms with Crippen LogP contribution in [0.1, 0.15) is 19.3 Å². The van der Waals surface area contributed by atoms with Gasteiger partial charge < -0.3 is 15.8 Å². The van der Waals surface area contributed by atoms with Crippen LogP contribution in [0.5, 0.6) is 5.75 Å². The Hall–Kier alpha value is -1.78. The average molecular weight is 349 g/mol. The third-order valence-electron chi connectivity index (χ3n) is 4.69. The molecule has 5 heteroatoms. The van der Waals surface area contributed by atoms with E-state index in [2.05, 4.69) is 17.4 Å². The first-order valence-electron chi connectivity index (χ1n) is 8.37. The van der Waals surface area contributed by atoms with Gasteiger partial charge in [-0.3, -0.25) is 4.79 Å². The number of nitrogens with two attached hydrogens (primary N) is 1. The second kappa shape index (κ2) is 8.90. The van der Waals surface area contributed by atoms with Gasteiger partial charge in [0, 0.05) is 5.92 Å². The van der Waals surface area contributed by atoms with Crippen LogP contribution in [0.2, 0.25) is 0 Å². The minimum Gasteiger partial charge on any atom is -0.492 e. The zero-order valence-electron chi connectivity index (χ0n) is 13.7. The number of halogens is 1. The molecule has 1 aliphatic carbocycles. The highest BCUT2D eigenvalue weighted by atomic mass is 35.5. The van der Waals surface area contributed by atoms with Gasteiger partial charge in [-0.1, -0.05) is 36.8 Å². The average Bonchev–Trinajstić information content (AvgIpc) is 3.07. The molecule has 0 unspecified atom stereocenters. The Bertz CT molecular complexity index is 677. The number of carbonyl (C=O) groups excluding carboxylic acids is 1. The van der Waals surface area contributed by atoms with Crippen molar-refractivity contribution < 1.29 is 9.53 Å². The van der Waals surface area contributed by atoms with E-state index in [1.165, 1.54) is 5.39 Å². The van der Waals surface area contributed by atoms with E-state index in [4.69, 9.17) is 10.5 Å². The van der Waals surface area contributed by atoms with Gasteiger partial charge in [0.25, 0.3) is 0 Å². The fourth-order valence-electron chi connectivity index (χ4n) is 3.40. The lowest BCUT2D eigenvalue weighted by Crippen LogP contribution is -2.37. The molecule has 130 valence electrons. The van der Waals surface area contributed by atoms with Crippen LogP contribution in [-0.4, -0.2) is 25.6 Å². The van der Waals surface area contributed by atoms with Crippen molar-refractivity contribution in [3.8, 4) is 5.75 Å². The first-order valence-corrected chi connectivity index (χ1v) is 8.37. The summed E-state index contributed by atoms with van der Waals surface area (Å²) >= 11 is 0. The summed E-state index contributed by atoms with van der Waals surface area (Å²) in [4.78, 5) is 12.2. The molecular formula is C19H25ClN2O2. The molecular weight excluding hydrogens is 324 g/mol. The van der Waals surface area contributed by atoms with Crippen LogP contribution in [-0.2, 0) is 4.79 Å². The lowest BCUT2D eigenvalue weighted by atomic mass is 9.95. The van der Waals surface area contributed by atoms with Crippen molar-refractivity contribution in [2.24, 2.45) is 17.6 Å². The second-order valence-corrected chi connectivity index (χ2v) is 6.18. The Morgan fingerprint density at radius 2 is 1.96 bits per heavy atom. The molecule has 0 aliphatic heterocycles. The van der Waals surface area contributed by atoms with E-state index in [9.17, 15) is 4.79 Å². The summed E-state index contributed by atoms with van der Waals surface area (Å²) < 4.78 is 5.74. The molecule has 0 heterocycles. The second-order valence-electron chi connectivity index (χ2n) is 6.18. The smallest absolute Gasteiger partial charge is 0.223 e. The predicted molar refractivity (Wildman–Crippen MR) is 99.6 cm³/mol. The molecule has 0 aromatic heterocycles. The molecule has 2 atom stereocenters. The van der Waals surface area contributed by atoms with E-state index in [0.29, 0.717) is 25.6 Å². The molecule has 0 spiro atoms. The van der Waals surface area contributed by atoms with Crippen LogP contribution < -0.4 is 15.8 Å². The molecule has 2 aromatic rings. The van der Waals surface area contributed by atoms with Crippen molar-refractivity contribution in [1.82, 2.24) is 5.32 Å². The van der Waals surface area contributed by atoms with Gasteiger partial charge in [0.15, 0.2) is 0 Å². The number of hydrogen-bond acceptors (Lipinski definition) is 3. The van der Waals surface area contributed by atoms with Gasteiger partial charge >= 0.3 is 0 Å². The van der Waals surface area contributed by atoms with E-state index in [0.717, 1.165) is 30.4 Å². The topological polar surface area (TPSA) is 64.4 Å². The Morgan fingerprint density at radius 3 is 2.75 bits per heavy atom. The van der Waals surface area contributed by atoms with Crippen LogP contribution in [0.3, 0.4) is 0 Å². The van der Waals surface area contributed by atoms with Crippen LogP contribution in [0.15, 0.2) is 42.5 Å². The maximum Gasteiger partial charge on any atom is 0.223 e. The molecule has 1 saturated carbocycles. The molecule has 0 saturated heterocycles. The minimum atomic E-state index is 0. The number of benzene rings is 2. The van der Waals surface area contributed by atoms with Crippen molar-refractivity contribution in [1.29, 1.82) is 0 Å². The van der Waals surface area contributed by atoms with E-state index in [1.807, 2.05) is 30.3 Å². The largest absolute Gasteiger partial charge is 0.492 e. The van der Waals surface area contributed by atoms with E-state index in [-0.39, 0.29) is 24.2 Å². The molecule has 3 N–H and O–H groups in total. The quantitative estimate of drug-likeness (QED) is 0.788. The van der Waals surface area contributed by atoms with Crippen molar-refractivity contribution in [3.05, 3.63) is 42.5 Å². The van der Waals surface area contributed by atoms with Crippen LogP contribution in [0.25, 0.3) is 10.8 Å². The highest BCUT2D eigenvalue weighted by molar-refractivity contribution is 5.85. The summed E-state index contributed by atoms with van der Waals surface area (Å²) in [6.07, 6.45) is 3.13. The summed E-state index contributed by atoms with van der Waals surface area (Å²) in [6, 6.07) is 14.2. The van der Waals surface area contributed by atoms with Gasteiger partial charge in [0.1, 0.15) is 12.4 Å². The first kappa shape index (κ1) is 18.6. The minimum absolute atomic E-state index is 0. The SMILES string of the molecule is Cl.NC[C@H]1CCC[C@H]1C(=O)NCCOc1ccc2ccccc2c1. The number of nitrogens with one attached hydrogen (secondary N) is 1. The first-order chi connectivity index (χ1) is 11.3. The summed E-state index contributed by atoms with van der Waals surface area (Å²) in [6.45, 7) is 1.61. The fourth-order valence-corrected chi connectivity index (χ4v) is 3.40. The molecule has 1 amide bonds. The Balaban J connectivity index is 0.00000208. The third-order valence-corrected chi connectivity index (χ3v) is 4.69. The number of hydrogen-bond donors (Lipinski definition) is 2. The lowest BCUT2D eigenvalue weighted by Gasteiger charge is -2.17. The maximum absolute atomic E-state index is 12.2. The number of amides is 1. The molecule has 3 rings (SSSR count). The zero-order valence-corrected chi connectivity index (χ0v) is 14.6. The molecule has 24 heavy (non-hydrogen) atoms. The number of carbonyl (C=O) groups is 1. The van der Waals surface area contributed by atoms with Gasteiger partial charge in [-0.15, -0.1) is 12.4 Å². The van der Waals surface area contributed by atoms with Gasteiger partial charge in [0.2, 0.25) is 5.91 Å².